The van der Waals surface area contributed by atoms with Crippen molar-refractivity contribution in [2.45, 2.75) is 52.1 Å². The molecule has 1 heterocycles. The Labute approximate surface area is 118 Å². The van der Waals surface area contributed by atoms with Crippen molar-refractivity contribution in [2.75, 3.05) is 19.6 Å². The van der Waals surface area contributed by atoms with Crippen molar-refractivity contribution in [1.82, 2.24) is 10.2 Å². The Morgan fingerprint density at radius 1 is 1.37 bits per heavy atom. The van der Waals surface area contributed by atoms with E-state index in [2.05, 4.69) is 62.2 Å². The zero-order valence-electron chi connectivity index (χ0n) is 12.9. The van der Waals surface area contributed by atoms with Crippen molar-refractivity contribution in [2.24, 2.45) is 0 Å². The fourth-order valence-corrected chi connectivity index (χ4v) is 3.08. The highest BCUT2D eigenvalue weighted by molar-refractivity contribution is 5.28. The number of hydrogen-bond acceptors (Lipinski definition) is 2. The summed E-state index contributed by atoms with van der Waals surface area (Å²) in [6.07, 6.45) is 2.43. The van der Waals surface area contributed by atoms with E-state index < -0.39 is 0 Å². The first-order valence-electron chi connectivity index (χ1n) is 7.60. The second-order valence-corrected chi connectivity index (χ2v) is 6.20. The summed E-state index contributed by atoms with van der Waals surface area (Å²) in [5.74, 6) is 0. The Morgan fingerprint density at radius 3 is 2.79 bits per heavy atom. The molecule has 0 saturated carbocycles. The standard InChI is InChI=1S/C17H28N2/c1-5-17(4)13-19(12-8-11-18-17)15(3)16-10-7-6-9-14(16)2/h6-7,9-10,15,18H,5,8,11-13H2,1-4H3. The number of rotatable bonds is 3. The average molecular weight is 260 g/mol. The van der Waals surface area contributed by atoms with Crippen molar-refractivity contribution < 1.29 is 0 Å². The van der Waals surface area contributed by atoms with Gasteiger partial charge in [0.25, 0.3) is 0 Å². The summed E-state index contributed by atoms with van der Waals surface area (Å²) in [4.78, 5) is 2.64. The molecule has 2 atom stereocenters. The van der Waals surface area contributed by atoms with Crippen molar-refractivity contribution in [3.8, 4) is 0 Å². The van der Waals surface area contributed by atoms with Crippen LogP contribution in [0, 0.1) is 6.92 Å². The smallest absolute Gasteiger partial charge is 0.0323 e. The van der Waals surface area contributed by atoms with Crippen LogP contribution in [0.1, 0.15) is 50.8 Å². The molecule has 2 nitrogen and oxygen atoms in total. The number of nitrogens with one attached hydrogen (secondary N) is 1. The molecule has 1 saturated heterocycles. The topological polar surface area (TPSA) is 15.3 Å². The quantitative estimate of drug-likeness (QED) is 0.894. The molecule has 1 aromatic carbocycles. The number of hydrogen-bond donors (Lipinski definition) is 1. The van der Waals surface area contributed by atoms with Gasteiger partial charge in [-0.15, -0.1) is 0 Å². The van der Waals surface area contributed by atoms with Gasteiger partial charge in [-0.3, -0.25) is 4.90 Å². The zero-order chi connectivity index (χ0) is 13.9. The SMILES string of the molecule is CCC1(C)CN(C(C)c2ccccc2C)CCCN1. The van der Waals surface area contributed by atoms with Gasteiger partial charge >= 0.3 is 0 Å². The largest absolute Gasteiger partial charge is 0.310 e. The summed E-state index contributed by atoms with van der Waals surface area (Å²) >= 11 is 0. The van der Waals surface area contributed by atoms with E-state index in [1.54, 1.807) is 0 Å². The van der Waals surface area contributed by atoms with Gasteiger partial charge in [0.1, 0.15) is 0 Å². The maximum Gasteiger partial charge on any atom is 0.0323 e. The predicted molar refractivity (Wildman–Crippen MR) is 82.5 cm³/mol. The Kier molecular flexibility index (Phi) is 4.64. The van der Waals surface area contributed by atoms with Crippen molar-refractivity contribution in [3.05, 3.63) is 35.4 Å². The maximum atomic E-state index is 3.72. The molecule has 1 aliphatic rings. The van der Waals surface area contributed by atoms with Crippen LogP contribution in [0.4, 0.5) is 0 Å². The molecule has 2 heteroatoms. The molecule has 1 N–H and O–H groups in total. The first-order chi connectivity index (χ1) is 9.06. The lowest BCUT2D eigenvalue weighted by Crippen LogP contribution is -2.49. The van der Waals surface area contributed by atoms with Gasteiger partial charge < -0.3 is 5.32 Å². The molecule has 1 aromatic rings. The summed E-state index contributed by atoms with van der Waals surface area (Å²) in [5.41, 5.74) is 3.14. The Hall–Kier alpha value is -0.860. The van der Waals surface area contributed by atoms with Crippen LogP contribution in [0.2, 0.25) is 0 Å². The average Bonchev–Trinajstić information content (AvgIpc) is 2.61. The number of benzene rings is 1. The van der Waals surface area contributed by atoms with Crippen LogP contribution in [-0.4, -0.2) is 30.1 Å². The third kappa shape index (κ3) is 3.37. The molecule has 0 amide bonds. The molecular weight excluding hydrogens is 232 g/mol. The lowest BCUT2D eigenvalue weighted by atomic mass is 9.96. The van der Waals surface area contributed by atoms with Crippen LogP contribution in [0.3, 0.4) is 0 Å². The van der Waals surface area contributed by atoms with Crippen LogP contribution in [0.25, 0.3) is 0 Å². The first-order valence-corrected chi connectivity index (χ1v) is 7.60. The van der Waals surface area contributed by atoms with Crippen molar-refractivity contribution in [1.29, 1.82) is 0 Å². The van der Waals surface area contributed by atoms with Gasteiger partial charge in [-0.05, 0) is 51.3 Å². The number of aryl methyl sites for hydroxylation is 1. The van der Waals surface area contributed by atoms with Gasteiger partial charge in [0.05, 0.1) is 0 Å². The minimum absolute atomic E-state index is 0.257. The van der Waals surface area contributed by atoms with Crippen molar-refractivity contribution in [3.63, 3.8) is 0 Å². The molecule has 1 fully saturated rings. The Morgan fingerprint density at radius 2 is 2.11 bits per heavy atom. The second kappa shape index (κ2) is 6.06. The second-order valence-electron chi connectivity index (χ2n) is 6.20. The minimum atomic E-state index is 0.257. The molecule has 0 bridgehead atoms. The van der Waals surface area contributed by atoms with E-state index in [0.717, 1.165) is 13.1 Å². The molecule has 2 rings (SSSR count). The molecular formula is C17H28N2. The van der Waals surface area contributed by atoms with Crippen LogP contribution in [0.5, 0.6) is 0 Å². The zero-order valence-corrected chi connectivity index (χ0v) is 12.9. The summed E-state index contributed by atoms with van der Waals surface area (Å²) in [6, 6.07) is 9.30. The molecule has 0 aromatic heterocycles. The predicted octanol–water partition coefficient (Wildman–Crippen LogP) is 3.52. The summed E-state index contributed by atoms with van der Waals surface area (Å²) in [7, 11) is 0. The van der Waals surface area contributed by atoms with Gasteiger partial charge in [-0.1, -0.05) is 31.2 Å². The summed E-state index contributed by atoms with van der Waals surface area (Å²) in [5, 5.41) is 3.72. The molecule has 106 valence electrons. The third-order valence-electron chi connectivity index (χ3n) is 4.69. The van der Waals surface area contributed by atoms with Gasteiger partial charge in [-0.2, -0.15) is 0 Å². The normalized spacial score (nSPS) is 26.9. The van der Waals surface area contributed by atoms with Gasteiger partial charge in [0.2, 0.25) is 0 Å². The van der Waals surface area contributed by atoms with E-state index in [1.807, 2.05) is 0 Å². The van der Waals surface area contributed by atoms with Gasteiger partial charge in [0.15, 0.2) is 0 Å². The minimum Gasteiger partial charge on any atom is -0.310 e. The molecule has 0 spiro atoms. The van der Waals surface area contributed by atoms with E-state index in [9.17, 15) is 0 Å². The Bertz CT molecular complexity index is 415. The fourth-order valence-electron chi connectivity index (χ4n) is 3.08. The molecule has 0 radical (unpaired) electrons. The number of nitrogens with zero attached hydrogens (tertiary/aromatic N) is 1. The molecule has 0 aliphatic carbocycles. The highest BCUT2D eigenvalue weighted by atomic mass is 15.2. The van der Waals surface area contributed by atoms with Crippen LogP contribution in [0.15, 0.2) is 24.3 Å². The monoisotopic (exact) mass is 260 g/mol. The Balaban J connectivity index is 2.18. The molecule has 2 unspecified atom stereocenters. The molecule has 19 heavy (non-hydrogen) atoms. The summed E-state index contributed by atoms with van der Waals surface area (Å²) < 4.78 is 0. The lowest BCUT2D eigenvalue weighted by molar-refractivity contribution is 0.169. The lowest BCUT2D eigenvalue weighted by Gasteiger charge is -2.36. The first kappa shape index (κ1) is 14.5. The van der Waals surface area contributed by atoms with E-state index in [-0.39, 0.29) is 5.54 Å². The third-order valence-corrected chi connectivity index (χ3v) is 4.69. The van der Waals surface area contributed by atoms with Gasteiger partial charge in [0, 0.05) is 24.7 Å². The van der Waals surface area contributed by atoms with Crippen LogP contribution >= 0.6 is 0 Å². The highest BCUT2D eigenvalue weighted by Crippen LogP contribution is 2.27. The van der Waals surface area contributed by atoms with Gasteiger partial charge in [-0.25, -0.2) is 0 Å². The van der Waals surface area contributed by atoms with Crippen molar-refractivity contribution >= 4 is 0 Å². The fraction of sp³-hybridized carbons (Fsp3) is 0.647. The summed E-state index contributed by atoms with van der Waals surface area (Å²) in [6.45, 7) is 12.7. The van der Waals surface area contributed by atoms with Crippen LogP contribution < -0.4 is 5.32 Å². The van der Waals surface area contributed by atoms with E-state index in [0.29, 0.717) is 6.04 Å². The van der Waals surface area contributed by atoms with Crippen LogP contribution in [-0.2, 0) is 0 Å². The van der Waals surface area contributed by atoms with E-state index in [4.69, 9.17) is 0 Å². The van der Waals surface area contributed by atoms with E-state index >= 15 is 0 Å². The van der Waals surface area contributed by atoms with E-state index in [1.165, 1.54) is 30.5 Å². The highest BCUT2D eigenvalue weighted by Gasteiger charge is 2.29. The molecule has 1 aliphatic heterocycles. The maximum absolute atomic E-state index is 3.72.